The van der Waals surface area contributed by atoms with Crippen LogP contribution in [0.2, 0.25) is 0 Å². The van der Waals surface area contributed by atoms with Crippen LogP contribution in [0.5, 0.6) is 0 Å². The topological polar surface area (TPSA) is 67.2 Å². The third-order valence-electron chi connectivity index (χ3n) is 4.81. The molecule has 1 unspecified atom stereocenters. The molecule has 9 heteroatoms. The van der Waals surface area contributed by atoms with Gasteiger partial charge in [-0.3, -0.25) is 4.79 Å². The zero-order valence-corrected chi connectivity index (χ0v) is 16.7. The normalized spacial score (nSPS) is 12.6. The van der Waals surface area contributed by atoms with Crippen LogP contribution >= 0.6 is 0 Å². The monoisotopic (exact) mass is 435 g/mol. The zero-order chi connectivity index (χ0) is 22.6. The van der Waals surface area contributed by atoms with E-state index in [1.807, 2.05) is 6.07 Å². The number of rotatable bonds is 7. The maximum atomic E-state index is 13.6. The number of aliphatic hydroxyl groups is 1. The zero-order valence-electron chi connectivity index (χ0n) is 16.7. The molecule has 3 aromatic rings. The number of benzene rings is 2. The highest BCUT2D eigenvalue weighted by molar-refractivity contribution is 5.83. The Hall–Kier alpha value is -3.20. The molecule has 2 aromatic carbocycles. The van der Waals surface area contributed by atoms with E-state index < -0.39 is 23.6 Å². The van der Waals surface area contributed by atoms with Gasteiger partial charge in [0.2, 0.25) is 5.91 Å². The van der Waals surface area contributed by atoms with Gasteiger partial charge < -0.3 is 10.4 Å². The molecule has 0 bridgehead atoms. The summed E-state index contributed by atoms with van der Waals surface area (Å²) in [5.74, 6) is -1.57. The molecule has 0 radical (unpaired) electrons. The second kappa shape index (κ2) is 9.30. The van der Waals surface area contributed by atoms with Crippen molar-refractivity contribution in [3.8, 4) is 5.69 Å². The number of carbonyl (C=O) groups is 1. The van der Waals surface area contributed by atoms with E-state index in [-0.39, 0.29) is 30.4 Å². The molecule has 0 aliphatic heterocycles. The Bertz CT molecular complexity index is 1060. The van der Waals surface area contributed by atoms with Crippen LogP contribution in [-0.2, 0) is 23.9 Å². The van der Waals surface area contributed by atoms with Gasteiger partial charge in [-0.05, 0) is 48.7 Å². The van der Waals surface area contributed by atoms with Crippen LogP contribution in [0.4, 0.5) is 17.6 Å². The minimum absolute atomic E-state index is 0.0182. The summed E-state index contributed by atoms with van der Waals surface area (Å²) < 4.78 is 54.1. The first kappa shape index (κ1) is 22.5. The largest absolute Gasteiger partial charge is 0.435 e. The Kier molecular flexibility index (Phi) is 6.74. The van der Waals surface area contributed by atoms with Crippen molar-refractivity contribution in [2.75, 3.05) is 6.61 Å². The van der Waals surface area contributed by atoms with Gasteiger partial charge in [0.1, 0.15) is 5.82 Å². The number of alkyl halides is 3. The van der Waals surface area contributed by atoms with Crippen LogP contribution in [0, 0.1) is 5.82 Å². The first-order valence-corrected chi connectivity index (χ1v) is 9.58. The molecule has 1 aromatic heterocycles. The summed E-state index contributed by atoms with van der Waals surface area (Å²) in [5, 5.41) is 15.3. The fourth-order valence-corrected chi connectivity index (χ4v) is 3.14. The van der Waals surface area contributed by atoms with Gasteiger partial charge in [-0.2, -0.15) is 18.3 Å². The number of aromatic nitrogens is 2. The first-order valence-electron chi connectivity index (χ1n) is 9.58. The lowest BCUT2D eigenvalue weighted by Crippen LogP contribution is -2.28. The van der Waals surface area contributed by atoms with Crippen LogP contribution in [0.3, 0.4) is 0 Å². The summed E-state index contributed by atoms with van der Waals surface area (Å²) >= 11 is 0. The molecular formula is C22H21F4N3O2. The summed E-state index contributed by atoms with van der Waals surface area (Å²) in [6, 6.07) is 13.0. The number of nitrogens with zero attached hydrogens (tertiary/aromatic N) is 2. The molecule has 164 valence electrons. The van der Waals surface area contributed by atoms with Crippen molar-refractivity contribution < 1.29 is 27.5 Å². The number of amides is 1. The van der Waals surface area contributed by atoms with Gasteiger partial charge in [-0.25, -0.2) is 9.07 Å². The highest BCUT2D eigenvalue weighted by atomic mass is 19.4. The van der Waals surface area contributed by atoms with Gasteiger partial charge in [-0.15, -0.1) is 0 Å². The lowest BCUT2D eigenvalue weighted by molar-refractivity contribution is -0.141. The lowest BCUT2D eigenvalue weighted by atomic mass is 9.97. The molecule has 0 spiro atoms. The number of carbonyl (C=O) groups excluding carboxylic acids is 1. The van der Waals surface area contributed by atoms with Crippen molar-refractivity contribution in [2.24, 2.45) is 0 Å². The summed E-state index contributed by atoms with van der Waals surface area (Å²) in [4.78, 5) is 12.6. The minimum atomic E-state index is -4.68. The van der Waals surface area contributed by atoms with Crippen LogP contribution < -0.4 is 5.32 Å². The summed E-state index contributed by atoms with van der Waals surface area (Å²) in [7, 11) is 0. The highest BCUT2D eigenvalue weighted by Gasteiger charge is 2.35. The molecule has 0 fully saturated rings. The number of hydrogen-bond donors (Lipinski definition) is 2. The third-order valence-corrected chi connectivity index (χ3v) is 4.81. The minimum Gasteiger partial charge on any atom is -0.396 e. The third kappa shape index (κ3) is 5.49. The van der Waals surface area contributed by atoms with Gasteiger partial charge in [0.05, 0.1) is 23.8 Å². The highest BCUT2D eigenvalue weighted by Crippen LogP contribution is 2.29. The SMILES string of the molecule is CC(C(=O)NCc1cc(C(F)(F)F)nn1-c1cccc(F)c1)c1cccc(CCO)c1. The molecule has 2 N–H and O–H groups in total. The molecule has 31 heavy (non-hydrogen) atoms. The number of aliphatic hydroxyl groups excluding tert-OH is 1. The van der Waals surface area contributed by atoms with E-state index in [4.69, 9.17) is 5.11 Å². The Labute approximate surface area is 176 Å². The van der Waals surface area contributed by atoms with Crippen molar-refractivity contribution in [1.29, 1.82) is 0 Å². The van der Waals surface area contributed by atoms with Gasteiger partial charge in [0.15, 0.2) is 5.69 Å². The van der Waals surface area contributed by atoms with Gasteiger partial charge >= 0.3 is 6.18 Å². The number of nitrogens with one attached hydrogen (secondary N) is 1. The predicted octanol–water partition coefficient (Wildman–Crippen LogP) is 3.98. The molecule has 5 nitrogen and oxygen atoms in total. The first-order chi connectivity index (χ1) is 14.7. The van der Waals surface area contributed by atoms with E-state index in [1.54, 1.807) is 25.1 Å². The Balaban J connectivity index is 1.81. The maximum Gasteiger partial charge on any atom is 0.435 e. The molecular weight excluding hydrogens is 414 g/mol. The van der Waals surface area contributed by atoms with Crippen molar-refractivity contribution in [2.45, 2.75) is 32.0 Å². The fraction of sp³-hybridized carbons (Fsp3) is 0.273. The molecule has 0 aliphatic carbocycles. The molecule has 0 saturated carbocycles. The second-order valence-corrected chi connectivity index (χ2v) is 7.07. The molecule has 0 saturated heterocycles. The average Bonchev–Trinajstić information content (AvgIpc) is 3.17. The van der Waals surface area contributed by atoms with E-state index in [1.165, 1.54) is 18.2 Å². The Morgan fingerprint density at radius 2 is 1.90 bits per heavy atom. The molecule has 3 rings (SSSR count). The molecule has 1 amide bonds. The van der Waals surface area contributed by atoms with Crippen LogP contribution in [0.15, 0.2) is 54.6 Å². The smallest absolute Gasteiger partial charge is 0.396 e. The number of hydrogen-bond acceptors (Lipinski definition) is 3. The summed E-state index contributed by atoms with van der Waals surface area (Å²) in [5.41, 5.74) is 0.638. The molecule has 1 atom stereocenters. The second-order valence-electron chi connectivity index (χ2n) is 7.07. The van der Waals surface area contributed by atoms with E-state index in [9.17, 15) is 22.4 Å². The van der Waals surface area contributed by atoms with Crippen LogP contribution in [0.1, 0.15) is 35.4 Å². The van der Waals surface area contributed by atoms with E-state index in [0.717, 1.165) is 27.9 Å². The van der Waals surface area contributed by atoms with Gasteiger partial charge in [0.25, 0.3) is 0 Å². The van der Waals surface area contributed by atoms with Crippen LogP contribution in [0.25, 0.3) is 5.69 Å². The standard InChI is InChI=1S/C22H21F4N3O2/c1-14(16-5-2-4-15(10-16)8-9-30)21(31)27-13-19-12-20(22(24,25)26)28-29(19)18-7-3-6-17(23)11-18/h2-7,10-12,14,30H,8-9,13H2,1H3,(H,27,31). The predicted molar refractivity (Wildman–Crippen MR) is 106 cm³/mol. The summed E-state index contributed by atoms with van der Waals surface area (Å²) in [6.07, 6.45) is -4.23. The van der Waals surface area contributed by atoms with Crippen molar-refractivity contribution in [1.82, 2.24) is 15.1 Å². The van der Waals surface area contributed by atoms with Crippen molar-refractivity contribution >= 4 is 5.91 Å². The maximum absolute atomic E-state index is 13.6. The van der Waals surface area contributed by atoms with E-state index in [2.05, 4.69) is 10.4 Å². The lowest BCUT2D eigenvalue weighted by Gasteiger charge is -2.14. The Morgan fingerprint density at radius 1 is 1.16 bits per heavy atom. The average molecular weight is 435 g/mol. The Morgan fingerprint density at radius 3 is 2.58 bits per heavy atom. The van der Waals surface area contributed by atoms with Gasteiger partial charge in [-0.1, -0.05) is 30.3 Å². The van der Waals surface area contributed by atoms with Crippen LogP contribution in [-0.4, -0.2) is 27.4 Å². The van der Waals surface area contributed by atoms with E-state index in [0.29, 0.717) is 6.42 Å². The fourth-order valence-electron chi connectivity index (χ4n) is 3.14. The quantitative estimate of drug-likeness (QED) is 0.552. The molecule has 0 aliphatic rings. The molecule has 1 heterocycles. The van der Waals surface area contributed by atoms with Gasteiger partial charge in [0, 0.05) is 6.61 Å². The number of halogens is 4. The van der Waals surface area contributed by atoms with Crippen molar-refractivity contribution in [3.05, 3.63) is 82.9 Å². The summed E-state index contributed by atoms with van der Waals surface area (Å²) in [6.45, 7) is 1.44. The van der Waals surface area contributed by atoms with E-state index >= 15 is 0 Å². The van der Waals surface area contributed by atoms with Crippen molar-refractivity contribution in [3.63, 3.8) is 0 Å².